The first-order valence-corrected chi connectivity index (χ1v) is 3.39. The predicted octanol–water partition coefficient (Wildman–Crippen LogP) is 2.70. The highest BCUT2D eigenvalue weighted by atomic mass is 19.1. The van der Waals surface area contributed by atoms with Crippen molar-refractivity contribution >= 4 is 0 Å². The summed E-state index contributed by atoms with van der Waals surface area (Å²) in [5.74, 6) is 0.562. The molecule has 0 amide bonds. The molecule has 0 radical (unpaired) electrons. The lowest BCUT2D eigenvalue weighted by Gasteiger charge is -2.40. The lowest BCUT2D eigenvalue weighted by molar-refractivity contribution is 0.0526. The highest BCUT2D eigenvalue weighted by molar-refractivity contribution is 5.15. The molecule has 1 aliphatic carbocycles. The molecule has 1 rings (SSSR count). The van der Waals surface area contributed by atoms with Crippen LogP contribution in [0, 0.1) is 5.92 Å². The van der Waals surface area contributed by atoms with Crippen molar-refractivity contribution in [2.24, 2.45) is 5.92 Å². The van der Waals surface area contributed by atoms with Crippen molar-refractivity contribution in [1.29, 1.82) is 0 Å². The van der Waals surface area contributed by atoms with E-state index >= 15 is 0 Å². The second kappa shape index (κ2) is 1.83. The molecule has 0 aromatic heterocycles. The number of hydrogen-bond acceptors (Lipinski definition) is 0. The zero-order chi connectivity index (χ0) is 7.07. The van der Waals surface area contributed by atoms with Crippen LogP contribution in [0.5, 0.6) is 0 Å². The van der Waals surface area contributed by atoms with E-state index in [1.54, 1.807) is 6.92 Å². The molecule has 52 valence electrons. The Labute approximate surface area is 55.8 Å². The van der Waals surface area contributed by atoms with Gasteiger partial charge in [-0.2, -0.15) is 0 Å². The molecule has 1 saturated carbocycles. The summed E-state index contributed by atoms with van der Waals surface area (Å²) in [6.45, 7) is 7.45. The zero-order valence-corrected chi connectivity index (χ0v) is 6.08. The maximum absolute atomic E-state index is 13.2. The summed E-state index contributed by atoms with van der Waals surface area (Å²) in [7, 11) is 0. The summed E-state index contributed by atoms with van der Waals surface area (Å²) in [5, 5.41) is 0. The molecule has 1 aliphatic rings. The largest absolute Gasteiger partial charge is 0.239 e. The molecule has 0 spiro atoms. The third-order valence-electron chi connectivity index (χ3n) is 2.11. The van der Waals surface area contributed by atoms with Crippen LogP contribution in [0.4, 0.5) is 4.39 Å². The monoisotopic (exact) mass is 128 g/mol. The first kappa shape index (κ1) is 6.79. The highest BCUT2D eigenvalue weighted by Crippen LogP contribution is 2.45. The standard InChI is InChI=1S/C8H13F/c1-6(2)8(9)4-7(3)5-8/h7H,1,4-5H2,2-3H3. The maximum Gasteiger partial charge on any atom is 0.132 e. The van der Waals surface area contributed by atoms with Crippen LogP contribution in [0.25, 0.3) is 0 Å². The fraction of sp³-hybridized carbons (Fsp3) is 0.750. The van der Waals surface area contributed by atoms with Gasteiger partial charge in [-0.05, 0) is 31.3 Å². The van der Waals surface area contributed by atoms with Crippen LogP contribution in [0.2, 0.25) is 0 Å². The van der Waals surface area contributed by atoms with E-state index < -0.39 is 5.67 Å². The normalized spacial score (nSPS) is 41.9. The van der Waals surface area contributed by atoms with Crippen LogP contribution in [0.1, 0.15) is 26.7 Å². The fourth-order valence-electron chi connectivity index (χ4n) is 1.39. The second-order valence-electron chi connectivity index (χ2n) is 3.26. The molecule has 1 heteroatoms. The van der Waals surface area contributed by atoms with Crippen LogP contribution >= 0.6 is 0 Å². The van der Waals surface area contributed by atoms with Gasteiger partial charge in [0.05, 0.1) is 0 Å². The molecule has 0 heterocycles. The minimum absolute atomic E-state index is 0.562. The Kier molecular flexibility index (Phi) is 1.38. The van der Waals surface area contributed by atoms with E-state index in [2.05, 4.69) is 13.5 Å². The SMILES string of the molecule is C=C(C)C1(F)CC(C)C1. The van der Waals surface area contributed by atoms with Gasteiger partial charge in [-0.25, -0.2) is 4.39 Å². The van der Waals surface area contributed by atoms with Crippen LogP contribution < -0.4 is 0 Å². The number of allylic oxidation sites excluding steroid dienone is 1. The third-order valence-corrected chi connectivity index (χ3v) is 2.11. The summed E-state index contributed by atoms with van der Waals surface area (Å²) in [6, 6.07) is 0. The minimum Gasteiger partial charge on any atom is -0.239 e. The molecule has 9 heavy (non-hydrogen) atoms. The van der Waals surface area contributed by atoms with Gasteiger partial charge in [-0.1, -0.05) is 13.5 Å². The predicted molar refractivity (Wildman–Crippen MR) is 37.1 cm³/mol. The quantitative estimate of drug-likeness (QED) is 0.476. The first-order valence-electron chi connectivity index (χ1n) is 3.39. The van der Waals surface area contributed by atoms with E-state index in [4.69, 9.17) is 0 Å². The Morgan fingerprint density at radius 2 is 2.11 bits per heavy atom. The van der Waals surface area contributed by atoms with Crippen molar-refractivity contribution < 1.29 is 4.39 Å². The van der Waals surface area contributed by atoms with Gasteiger partial charge in [0.1, 0.15) is 5.67 Å². The van der Waals surface area contributed by atoms with Crippen molar-refractivity contribution in [3.05, 3.63) is 12.2 Å². The van der Waals surface area contributed by atoms with Crippen molar-refractivity contribution in [2.45, 2.75) is 32.4 Å². The third kappa shape index (κ3) is 1.00. The smallest absolute Gasteiger partial charge is 0.132 e. The summed E-state index contributed by atoms with van der Waals surface area (Å²) in [5.41, 5.74) is -0.306. The summed E-state index contributed by atoms with van der Waals surface area (Å²) >= 11 is 0. The van der Waals surface area contributed by atoms with E-state index in [9.17, 15) is 4.39 Å². The van der Waals surface area contributed by atoms with E-state index in [1.165, 1.54) is 0 Å². The lowest BCUT2D eigenvalue weighted by atomic mass is 9.70. The van der Waals surface area contributed by atoms with Crippen molar-refractivity contribution in [1.82, 2.24) is 0 Å². The van der Waals surface area contributed by atoms with E-state index in [0.29, 0.717) is 24.3 Å². The molecule has 0 unspecified atom stereocenters. The molecule has 0 aromatic carbocycles. The van der Waals surface area contributed by atoms with E-state index in [-0.39, 0.29) is 0 Å². The van der Waals surface area contributed by atoms with Gasteiger partial charge in [0, 0.05) is 0 Å². The Hall–Kier alpha value is -0.330. The molecule has 0 nitrogen and oxygen atoms in total. The molecular weight excluding hydrogens is 115 g/mol. The van der Waals surface area contributed by atoms with Crippen molar-refractivity contribution in [2.75, 3.05) is 0 Å². The average molecular weight is 128 g/mol. The Morgan fingerprint density at radius 3 is 2.22 bits per heavy atom. The number of halogens is 1. The number of alkyl halides is 1. The Bertz CT molecular complexity index is 132. The summed E-state index contributed by atoms with van der Waals surface area (Å²) in [6.07, 6.45) is 1.37. The van der Waals surface area contributed by atoms with Gasteiger partial charge >= 0.3 is 0 Å². The lowest BCUT2D eigenvalue weighted by Crippen LogP contribution is -2.38. The molecule has 0 atom stereocenters. The van der Waals surface area contributed by atoms with Crippen molar-refractivity contribution in [3.8, 4) is 0 Å². The fourth-order valence-corrected chi connectivity index (χ4v) is 1.39. The zero-order valence-electron chi connectivity index (χ0n) is 6.08. The second-order valence-corrected chi connectivity index (χ2v) is 3.26. The molecule has 0 saturated heterocycles. The number of rotatable bonds is 1. The molecule has 0 aliphatic heterocycles. The van der Waals surface area contributed by atoms with Crippen LogP contribution in [0.15, 0.2) is 12.2 Å². The van der Waals surface area contributed by atoms with Gasteiger partial charge in [0.15, 0.2) is 0 Å². The van der Waals surface area contributed by atoms with Crippen LogP contribution in [-0.4, -0.2) is 5.67 Å². The highest BCUT2D eigenvalue weighted by Gasteiger charge is 2.42. The van der Waals surface area contributed by atoms with Gasteiger partial charge < -0.3 is 0 Å². The molecule has 0 N–H and O–H groups in total. The van der Waals surface area contributed by atoms with Crippen LogP contribution in [0.3, 0.4) is 0 Å². The van der Waals surface area contributed by atoms with E-state index in [1.807, 2.05) is 0 Å². The first-order chi connectivity index (χ1) is 4.04. The molecule has 0 bridgehead atoms. The number of hydrogen-bond donors (Lipinski definition) is 0. The van der Waals surface area contributed by atoms with Gasteiger partial charge in [-0.15, -0.1) is 0 Å². The Balaban J connectivity index is 2.50. The Morgan fingerprint density at radius 1 is 1.67 bits per heavy atom. The summed E-state index contributed by atoms with van der Waals surface area (Å²) in [4.78, 5) is 0. The summed E-state index contributed by atoms with van der Waals surface area (Å²) < 4.78 is 13.2. The van der Waals surface area contributed by atoms with Gasteiger partial charge in [0.2, 0.25) is 0 Å². The average Bonchev–Trinajstić information content (AvgIpc) is 1.62. The topological polar surface area (TPSA) is 0 Å². The minimum atomic E-state index is -1.00. The van der Waals surface area contributed by atoms with Gasteiger partial charge in [-0.3, -0.25) is 0 Å². The molecular formula is C8H13F. The molecule has 1 fully saturated rings. The van der Waals surface area contributed by atoms with Gasteiger partial charge in [0.25, 0.3) is 0 Å². The molecule has 0 aromatic rings. The van der Waals surface area contributed by atoms with Crippen molar-refractivity contribution in [3.63, 3.8) is 0 Å². The maximum atomic E-state index is 13.2. The van der Waals surface area contributed by atoms with E-state index in [0.717, 1.165) is 0 Å². The van der Waals surface area contributed by atoms with Crippen LogP contribution in [-0.2, 0) is 0 Å².